The second kappa shape index (κ2) is 7.92. The van der Waals surface area contributed by atoms with E-state index in [1.165, 1.54) is 0 Å². The van der Waals surface area contributed by atoms with Crippen molar-refractivity contribution in [2.45, 2.75) is 19.8 Å². The van der Waals surface area contributed by atoms with Crippen molar-refractivity contribution in [3.63, 3.8) is 0 Å². The number of ether oxygens (including phenoxy) is 1. The van der Waals surface area contributed by atoms with Crippen molar-refractivity contribution in [1.82, 2.24) is 5.32 Å². The molecular weight excluding hydrogens is 114 g/mol. The fraction of sp³-hybridized carbons (Fsp3) is 1.00. The van der Waals surface area contributed by atoms with Gasteiger partial charge in [-0.05, 0) is 26.4 Å². The molecule has 2 nitrogen and oxygen atoms in total. The summed E-state index contributed by atoms with van der Waals surface area (Å²) in [5.41, 5.74) is 0. The van der Waals surface area contributed by atoms with E-state index in [0.29, 0.717) is 0 Å². The van der Waals surface area contributed by atoms with Crippen molar-refractivity contribution in [2.75, 3.05) is 26.8 Å². The molecule has 0 saturated carbocycles. The van der Waals surface area contributed by atoms with Gasteiger partial charge in [0.1, 0.15) is 0 Å². The number of hydrogen-bond donors (Lipinski definition) is 1. The average Bonchev–Trinajstić information content (AvgIpc) is 1.89. The second-order valence-corrected chi connectivity index (χ2v) is 2.07. The smallest absolute Gasteiger partial charge is 0.0478 e. The molecule has 0 aliphatic carbocycles. The normalized spacial score (nSPS) is 10.0. The quantitative estimate of drug-likeness (QED) is 0.543. The van der Waals surface area contributed by atoms with Crippen LogP contribution in [0, 0.1) is 0 Å². The number of hydrogen-bond acceptors (Lipinski definition) is 2. The molecule has 56 valence electrons. The van der Waals surface area contributed by atoms with Gasteiger partial charge in [-0.25, -0.2) is 0 Å². The average molecular weight is 131 g/mol. The van der Waals surface area contributed by atoms with Crippen molar-refractivity contribution in [1.29, 1.82) is 0 Å². The van der Waals surface area contributed by atoms with Crippen LogP contribution in [0.4, 0.5) is 0 Å². The van der Waals surface area contributed by atoms with E-state index in [-0.39, 0.29) is 0 Å². The van der Waals surface area contributed by atoms with Crippen molar-refractivity contribution >= 4 is 0 Å². The molecule has 0 aliphatic heterocycles. The van der Waals surface area contributed by atoms with Crippen LogP contribution >= 0.6 is 0 Å². The van der Waals surface area contributed by atoms with Gasteiger partial charge in [0.05, 0.1) is 0 Å². The van der Waals surface area contributed by atoms with Gasteiger partial charge in [-0.15, -0.1) is 0 Å². The first kappa shape index (κ1) is 8.92. The highest BCUT2D eigenvalue weighted by molar-refractivity contribution is 4.38. The lowest BCUT2D eigenvalue weighted by Crippen LogP contribution is -2.10. The van der Waals surface area contributed by atoms with Crippen molar-refractivity contribution in [2.24, 2.45) is 0 Å². The maximum Gasteiger partial charge on any atom is 0.0478 e. The van der Waals surface area contributed by atoms with Crippen LogP contribution in [0.1, 0.15) is 19.8 Å². The lowest BCUT2D eigenvalue weighted by atomic mass is 10.4. The zero-order chi connectivity index (χ0) is 6.95. The molecule has 2 heteroatoms. The fourth-order valence-electron chi connectivity index (χ4n) is 0.597. The zero-order valence-electron chi connectivity index (χ0n) is 6.44. The van der Waals surface area contributed by atoms with E-state index < -0.39 is 0 Å². The van der Waals surface area contributed by atoms with Crippen LogP contribution < -0.4 is 5.32 Å². The topological polar surface area (TPSA) is 21.3 Å². The minimum absolute atomic E-state index is 0.898. The predicted octanol–water partition coefficient (Wildman–Crippen LogP) is 1.02. The van der Waals surface area contributed by atoms with Gasteiger partial charge in [0.2, 0.25) is 0 Å². The highest BCUT2D eigenvalue weighted by atomic mass is 16.5. The molecule has 9 heavy (non-hydrogen) atoms. The Morgan fingerprint density at radius 1 is 1.33 bits per heavy atom. The highest BCUT2D eigenvalue weighted by Gasteiger charge is 1.84. The molecule has 0 aromatic carbocycles. The first-order valence-electron chi connectivity index (χ1n) is 3.64. The molecule has 0 spiro atoms. The Morgan fingerprint density at radius 3 is 2.67 bits per heavy atom. The first-order chi connectivity index (χ1) is 4.41. The summed E-state index contributed by atoms with van der Waals surface area (Å²) in [5.74, 6) is 0. The van der Waals surface area contributed by atoms with E-state index in [9.17, 15) is 0 Å². The summed E-state index contributed by atoms with van der Waals surface area (Å²) >= 11 is 0. The standard InChI is InChI=1S/C7H17NO/c1-3-6-9-7-4-5-8-2/h8H,3-7H2,1-2H3. The van der Waals surface area contributed by atoms with Crippen LogP contribution in [0.2, 0.25) is 0 Å². The molecule has 0 unspecified atom stereocenters. The zero-order valence-corrected chi connectivity index (χ0v) is 6.44. The fourth-order valence-corrected chi connectivity index (χ4v) is 0.597. The summed E-state index contributed by atoms with van der Waals surface area (Å²) in [6.45, 7) is 4.99. The molecule has 0 saturated heterocycles. The lowest BCUT2D eigenvalue weighted by Gasteiger charge is -2.00. The maximum absolute atomic E-state index is 5.24. The number of nitrogens with one attached hydrogen (secondary N) is 1. The molecule has 0 radical (unpaired) electrons. The Bertz CT molecular complexity index is 42.2. The van der Waals surface area contributed by atoms with Crippen LogP contribution in [0.25, 0.3) is 0 Å². The summed E-state index contributed by atoms with van der Waals surface area (Å²) in [5, 5.41) is 3.06. The lowest BCUT2D eigenvalue weighted by molar-refractivity contribution is 0.132. The van der Waals surface area contributed by atoms with Gasteiger partial charge in [0, 0.05) is 13.2 Å². The molecule has 0 atom stereocenters. The predicted molar refractivity (Wildman–Crippen MR) is 39.7 cm³/mol. The largest absolute Gasteiger partial charge is 0.381 e. The van der Waals surface area contributed by atoms with Crippen molar-refractivity contribution < 1.29 is 4.74 Å². The van der Waals surface area contributed by atoms with E-state index in [1.807, 2.05) is 7.05 Å². The molecule has 0 bridgehead atoms. The van der Waals surface area contributed by atoms with E-state index in [2.05, 4.69) is 12.2 Å². The summed E-state index contributed by atoms with van der Waals surface area (Å²) in [4.78, 5) is 0. The summed E-state index contributed by atoms with van der Waals surface area (Å²) < 4.78 is 5.24. The minimum Gasteiger partial charge on any atom is -0.381 e. The van der Waals surface area contributed by atoms with Crippen LogP contribution in [-0.2, 0) is 4.74 Å². The Balaban J connectivity index is 2.60. The molecule has 0 amide bonds. The first-order valence-corrected chi connectivity index (χ1v) is 3.64. The monoisotopic (exact) mass is 131 g/mol. The van der Waals surface area contributed by atoms with Crippen LogP contribution in [0.15, 0.2) is 0 Å². The Morgan fingerprint density at radius 2 is 2.11 bits per heavy atom. The third kappa shape index (κ3) is 7.92. The van der Waals surface area contributed by atoms with Crippen LogP contribution in [0.5, 0.6) is 0 Å². The Labute approximate surface area is 57.6 Å². The van der Waals surface area contributed by atoms with Crippen molar-refractivity contribution in [3.8, 4) is 0 Å². The molecule has 0 aromatic heterocycles. The highest BCUT2D eigenvalue weighted by Crippen LogP contribution is 1.82. The SMILES string of the molecule is CCCOCCCNC. The van der Waals surface area contributed by atoms with Crippen LogP contribution in [0.3, 0.4) is 0 Å². The summed E-state index contributed by atoms with van der Waals surface area (Å²) in [6, 6.07) is 0. The van der Waals surface area contributed by atoms with E-state index in [1.54, 1.807) is 0 Å². The van der Waals surface area contributed by atoms with Gasteiger partial charge < -0.3 is 10.1 Å². The van der Waals surface area contributed by atoms with E-state index in [0.717, 1.165) is 32.6 Å². The molecule has 0 rings (SSSR count). The minimum atomic E-state index is 0.898. The van der Waals surface area contributed by atoms with Gasteiger partial charge in [0.25, 0.3) is 0 Å². The summed E-state index contributed by atoms with van der Waals surface area (Å²) in [6.07, 6.45) is 2.25. The van der Waals surface area contributed by atoms with E-state index in [4.69, 9.17) is 4.74 Å². The Hall–Kier alpha value is -0.0800. The molecule has 0 aliphatic rings. The maximum atomic E-state index is 5.24. The molecule has 0 fully saturated rings. The molecular formula is C7H17NO. The third-order valence-corrected chi connectivity index (χ3v) is 1.06. The van der Waals surface area contributed by atoms with Gasteiger partial charge in [-0.3, -0.25) is 0 Å². The van der Waals surface area contributed by atoms with E-state index >= 15 is 0 Å². The van der Waals surface area contributed by atoms with Gasteiger partial charge >= 0.3 is 0 Å². The van der Waals surface area contributed by atoms with Gasteiger partial charge in [0.15, 0.2) is 0 Å². The van der Waals surface area contributed by atoms with Crippen molar-refractivity contribution in [3.05, 3.63) is 0 Å². The Kier molecular flexibility index (Phi) is 7.85. The van der Waals surface area contributed by atoms with Gasteiger partial charge in [-0.2, -0.15) is 0 Å². The number of rotatable bonds is 6. The molecule has 1 N–H and O–H groups in total. The molecule has 0 aromatic rings. The summed E-state index contributed by atoms with van der Waals surface area (Å²) in [7, 11) is 1.96. The molecule has 0 heterocycles. The van der Waals surface area contributed by atoms with Crippen LogP contribution in [-0.4, -0.2) is 26.8 Å². The van der Waals surface area contributed by atoms with Gasteiger partial charge in [-0.1, -0.05) is 6.92 Å². The third-order valence-electron chi connectivity index (χ3n) is 1.06. The second-order valence-electron chi connectivity index (χ2n) is 2.07.